The van der Waals surface area contributed by atoms with Crippen LogP contribution in [-0.2, 0) is 6.42 Å². The van der Waals surface area contributed by atoms with Crippen LogP contribution >= 0.6 is 0 Å². The fraction of sp³-hybridized carbons (Fsp3) is 0.222. The van der Waals surface area contributed by atoms with Crippen molar-refractivity contribution in [3.8, 4) is 22.8 Å². The van der Waals surface area contributed by atoms with Gasteiger partial charge in [-0.2, -0.15) is 0 Å². The fourth-order valence-corrected chi connectivity index (χ4v) is 4.57. The van der Waals surface area contributed by atoms with Crippen LogP contribution in [0.1, 0.15) is 34.5 Å². The number of aromatic nitrogens is 2. The Hall–Kier alpha value is -3.93. The zero-order valence-corrected chi connectivity index (χ0v) is 18.9. The van der Waals surface area contributed by atoms with Gasteiger partial charge in [-0.1, -0.05) is 30.3 Å². The van der Waals surface area contributed by atoms with E-state index >= 15 is 0 Å². The SMILES string of the molecule is COc1cc2c(cc1OC)C(C)N(C(=O)c1cc(-c3ccccc3)nc3ncccc13)CC2. The lowest BCUT2D eigenvalue weighted by Crippen LogP contribution is -2.39. The van der Waals surface area contributed by atoms with Gasteiger partial charge in [0, 0.05) is 23.7 Å². The standard InChI is InChI=1S/C27H25N3O3/c1-17-21-16-25(33-3)24(32-2)14-19(21)11-13-30(17)27(31)22-15-23(18-8-5-4-6-9-18)29-26-20(22)10-7-12-28-26/h4-10,12,14-17H,11,13H2,1-3H3. The molecule has 0 radical (unpaired) electrons. The van der Waals surface area contributed by atoms with Gasteiger partial charge in [-0.25, -0.2) is 9.97 Å². The summed E-state index contributed by atoms with van der Waals surface area (Å²) in [6, 6.07) is 19.4. The molecule has 6 nitrogen and oxygen atoms in total. The van der Waals surface area contributed by atoms with E-state index in [0.717, 1.165) is 28.6 Å². The lowest BCUT2D eigenvalue weighted by molar-refractivity contribution is 0.0679. The second-order valence-electron chi connectivity index (χ2n) is 8.13. The van der Waals surface area contributed by atoms with E-state index < -0.39 is 0 Å². The average Bonchev–Trinajstić information content (AvgIpc) is 2.87. The van der Waals surface area contributed by atoms with E-state index in [0.29, 0.717) is 29.3 Å². The van der Waals surface area contributed by atoms with Crippen molar-refractivity contribution in [1.29, 1.82) is 0 Å². The van der Waals surface area contributed by atoms with Crippen LogP contribution in [0.5, 0.6) is 11.5 Å². The molecule has 0 spiro atoms. The first-order chi connectivity index (χ1) is 16.1. The molecule has 2 aromatic heterocycles. The minimum atomic E-state index is -0.110. The Morgan fingerprint density at radius 1 is 1.00 bits per heavy atom. The molecule has 0 saturated heterocycles. The fourth-order valence-electron chi connectivity index (χ4n) is 4.57. The summed E-state index contributed by atoms with van der Waals surface area (Å²) in [5.74, 6) is 1.35. The highest BCUT2D eigenvalue weighted by atomic mass is 16.5. The van der Waals surface area contributed by atoms with Crippen molar-refractivity contribution in [2.24, 2.45) is 0 Å². The molecule has 33 heavy (non-hydrogen) atoms. The topological polar surface area (TPSA) is 64.6 Å². The zero-order valence-electron chi connectivity index (χ0n) is 18.9. The zero-order chi connectivity index (χ0) is 22.9. The molecule has 166 valence electrons. The number of carbonyl (C=O) groups excluding carboxylic acids is 1. The number of hydrogen-bond donors (Lipinski definition) is 0. The molecule has 2 aromatic carbocycles. The van der Waals surface area contributed by atoms with Gasteiger partial charge in [0.2, 0.25) is 0 Å². The first kappa shape index (κ1) is 20.9. The summed E-state index contributed by atoms with van der Waals surface area (Å²) in [6.45, 7) is 2.68. The number of amides is 1. The molecule has 1 unspecified atom stereocenters. The molecule has 6 heteroatoms. The van der Waals surface area contributed by atoms with Crippen LogP contribution in [0.25, 0.3) is 22.3 Å². The number of rotatable bonds is 4. The number of nitrogens with zero attached hydrogens (tertiary/aromatic N) is 3. The van der Waals surface area contributed by atoms with Crippen molar-refractivity contribution in [3.63, 3.8) is 0 Å². The quantitative estimate of drug-likeness (QED) is 0.444. The highest BCUT2D eigenvalue weighted by molar-refractivity contribution is 6.06. The Bertz CT molecular complexity index is 1340. The lowest BCUT2D eigenvalue weighted by atomic mass is 9.92. The molecule has 1 amide bonds. The summed E-state index contributed by atoms with van der Waals surface area (Å²) < 4.78 is 11.0. The van der Waals surface area contributed by atoms with Crippen LogP contribution in [0.3, 0.4) is 0 Å². The van der Waals surface area contributed by atoms with Gasteiger partial charge in [-0.05, 0) is 54.8 Å². The third kappa shape index (κ3) is 3.67. The predicted octanol–water partition coefficient (Wildman–Crippen LogP) is 5.07. The normalized spacial score (nSPS) is 15.2. The summed E-state index contributed by atoms with van der Waals surface area (Å²) >= 11 is 0. The molecule has 0 fully saturated rings. The van der Waals surface area contributed by atoms with Crippen LogP contribution in [0.4, 0.5) is 0 Å². The third-order valence-corrected chi connectivity index (χ3v) is 6.33. The number of pyridine rings is 2. The van der Waals surface area contributed by atoms with Gasteiger partial charge in [0.1, 0.15) is 0 Å². The highest BCUT2D eigenvalue weighted by Gasteiger charge is 2.31. The molecule has 1 atom stereocenters. The Labute approximate surface area is 192 Å². The number of carbonyl (C=O) groups is 1. The Morgan fingerprint density at radius 3 is 2.52 bits per heavy atom. The van der Waals surface area contributed by atoms with E-state index in [1.54, 1.807) is 20.4 Å². The van der Waals surface area contributed by atoms with Crippen LogP contribution in [-0.4, -0.2) is 41.5 Å². The number of fused-ring (bicyclic) bond motifs is 2. The molecule has 1 aliphatic rings. The molecule has 0 N–H and O–H groups in total. The van der Waals surface area contributed by atoms with Gasteiger partial charge < -0.3 is 14.4 Å². The summed E-state index contributed by atoms with van der Waals surface area (Å²) in [5, 5.41) is 0.757. The predicted molar refractivity (Wildman–Crippen MR) is 128 cm³/mol. The largest absolute Gasteiger partial charge is 0.493 e. The van der Waals surface area contributed by atoms with Gasteiger partial charge in [-0.3, -0.25) is 4.79 Å². The maximum Gasteiger partial charge on any atom is 0.255 e. The summed E-state index contributed by atoms with van der Waals surface area (Å²) in [6.07, 6.45) is 2.45. The number of benzene rings is 2. The molecule has 1 aliphatic heterocycles. The minimum Gasteiger partial charge on any atom is -0.493 e. The van der Waals surface area contributed by atoms with Crippen molar-refractivity contribution in [3.05, 3.63) is 83.6 Å². The third-order valence-electron chi connectivity index (χ3n) is 6.33. The summed E-state index contributed by atoms with van der Waals surface area (Å²) in [7, 11) is 3.26. The number of methoxy groups -OCH3 is 2. The van der Waals surface area contributed by atoms with E-state index in [-0.39, 0.29) is 11.9 Å². The van der Waals surface area contributed by atoms with E-state index in [1.165, 1.54) is 5.56 Å². The smallest absolute Gasteiger partial charge is 0.255 e. The highest BCUT2D eigenvalue weighted by Crippen LogP contribution is 2.39. The van der Waals surface area contributed by atoms with Gasteiger partial charge in [-0.15, -0.1) is 0 Å². The molecule has 4 aromatic rings. The van der Waals surface area contributed by atoms with Gasteiger partial charge in [0.25, 0.3) is 5.91 Å². The second-order valence-corrected chi connectivity index (χ2v) is 8.13. The van der Waals surface area contributed by atoms with Gasteiger partial charge >= 0.3 is 0 Å². The van der Waals surface area contributed by atoms with Gasteiger partial charge in [0.15, 0.2) is 17.1 Å². The molecule has 0 saturated carbocycles. The van der Waals surface area contributed by atoms with Crippen molar-refractivity contribution in [2.45, 2.75) is 19.4 Å². The number of ether oxygens (including phenoxy) is 2. The van der Waals surface area contributed by atoms with Crippen molar-refractivity contribution in [2.75, 3.05) is 20.8 Å². The molecular formula is C27H25N3O3. The molecular weight excluding hydrogens is 414 g/mol. The Balaban J connectivity index is 1.58. The Kier molecular flexibility index (Phi) is 5.42. The van der Waals surface area contributed by atoms with E-state index in [4.69, 9.17) is 14.5 Å². The lowest BCUT2D eigenvalue weighted by Gasteiger charge is -2.36. The average molecular weight is 440 g/mol. The maximum absolute atomic E-state index is 13.9. The van der Waals surface area contributed by atoms with E-state index in [1.807, 2.05) is 65.6 Å². The van der Waals surface area contributed by atoms with Crippen LogP contribution < -0.4 is 9.47 Å². The van der Waals surface area contributed by atoms with Gasteiger partial charge in [0.05, 0.1) is 31.5 Å². The minimum absolute atomic E-state index is 0.0273. The second kappa shape index (κ2) is 8.54. The molecule has 0 bridgehead atoms. The van der Waals surface area contributed by atoms with Crippen LogP contribution in [0.15, 0.2) is 66.9 Å². The number of hydrogen-bond acceptors (Lipinski definition) is 5. The van der Waals surface area contributed by atoms with Crippen molar-refractivity contribution < 1.29 is 14.3 Å². The maximum atomic E-state index is 13.9. The van der Waals surface area contributed by atoms with Crippen LogP contribution in [0, 0.1) is 0 Å². The van der Waals surface area contributed by atoms with E-state index in [2.05, 4.69) is 11.9 Å². The molecule has 0 aliphatic carbocycles. The monoisotopic (exact) mass is 439 g/mol. The first-order valence-corrected chi connectivity index (χ1v) is 11.0. The summed E-state index contributed by atoms with van der Waals surface area (Å²) in [4.78, 5) is 25.0. The van der Waals surface area contributed by atoms with Crippen LogP contribution in [0.2, 0.25) is 0 Å². The first-order valence-electron chi connectivity index (χ1n) is 11.0. The molecule has 3 heterocycles. The van der Waals surface area contributed by atoms with Crippen molar-refractivity contribution >= 4 is 16.9 Å². The van der Waals surface area contributed by atoms with Crippen molar-refractivity contribution in [1.82, 2.24) is 14.9 Å². The van der Waals surface area contributed by atoms with E-state index in [9.17, 15) is 4.79 Å². The Morgan fingerprint density at radius 2 is 1.76 bits per heavy atom. The summed E-state index contributed by atoms with van der Waals surface area (Å²) in [5.41, 5.74) is 5.12. The molecule has 5 rings (SSSR count).